The summed E-state index contributed by atoms with van der Waals surface area (Å²) >= 11 is 0. The van der Waals surface area contributed by atoms with Gasteiger partial charge in [-0.05, 0) is 26.3 Å². The second-order valence-corrected chi connectivity index (χ2v) is 5.79. The van der Waals surface area contributed by atoms with Gasteiger partial charge in [-0.1, -0.05) is 0 Å². The number of rotatable bonds is 5. The fourth-order valence-electron chi connectivity index (χ4n) is 2.80. The average molecular weight is 315 g/mol. The Morgan fingerprint density at radius 2 is 2.22 bits per heavy atom. The van der Waals surface area contributed by atoms with E-state index in [-0.39, 0.29) is 5.69 Å². The third-order valence-electron chi connectivity index (χ3n) is 4.02. The number of nitrogens with one attached hydrogen (secondary N) is 1. The SMILES string of the molecule is Cc1cc(C)n(CCNc2cc(C3CCOC3)ncn2)c(=O)n1. The van der Waals surface area contributed by atoms with Crippen molar-refractivity contribution in [1.82, 2.24) is 19.5 Å². The van der Waals surface area contributed by atoms with Crippen LogP contribution in [0, 0.1) is 13.8 Å². The number of aryl methyl sites for hydroxylation is 2. The van der Waals surface area contributed by atoms with Gasteiger partial charge < -0.3 is 10.1 Å². The molecule has 122 valence electrons. The smallest absolute Gasteiger partial charge is 0.348 e. The van der Waals surface area contributed by atoms with E-state index < -0.39 is 0 Å². The molecule has 3 heterocycles. The molecule has 2 aromatic heterocycles. The molecule has 0 aliphatic carbocycles. The highest BCUT2D eigenvalue weighted by Gasteiger charge is 2.19. The predicted octanol–water partition coefficient (Wildman–Crippen LogP) is 1.27. The Hall–Kier alpha value is -2.28. The average Bonchev–Trinajstić information content (AvgIpc) is 3.04. The maximum atomic E-state index is 11.9. The lowest BCUT2D eigenvalue weighted by Crippen LogP contribution is -2.28. The first-order valence-corrected chi connectivity index (χ1v) is 7.82. The largest absolute Gasteiger partial charge is 0.381 e. The Kier molecular flexibility index (Phi) is 4.66. The molecule has 0 radical (unpaired) electrons. The van der Waals surface area contributed by atoms with Gasteiger partial charge in [0.25, 0.3) is 0 Å². The van der Waals surface area contributed by atoms with E-state index in [0.717, 1.165) is 42.5 Å². The number of anilines is 1. The molecule has 1 fully saturated rings. The van der Waals surface area contributed by atoms with E-state index in [1.807, 2.05) is 26.0 Å². The molecule has 7 heteroatoms. The summed E-state index contributed by atoms with van der Waals surface area (Å²) in [5.74, 6) is 1.12. The van der Waals surface area contributed by atoms with Crippen molar-refractivity contribution in [3.05, 3.63) is 46.0 Å². The molecule has 0 saturated carbocycles. The van der Waals surface area contributed by atoms with E-state index in [4.69, 9.17) is 4.74 Å². The number of nitrogens with zero attached hydrogens (tertiary/aromatic N) is 4. The van der Waals surface area contributed by atoms with Gasteiger partial charge in [-0.2, -0.15) is 4.98 Å². The van der Waals surface area contributed by atoms with Crippen molar-refractivity contribution in [2.24, 2.45) is 0 Å². The van der Waals surface area contributed by atoms with Crippen molar-refractivity contribution in [3.8, 4) is 0 Å². The Morgan fingerprint density at radius 3 is 2.96 bits per heavy atom. The van der Waals surface area contributed by atoms with E-state index in [0.29, 0.717) is 19.0 Å². The zero-order valence-corrected chi connectivity index (χ0v) is 13.5. The van der Waals surface area contributed by atoms with Gasteiger partial charge in [0.15, 0.2) is 0 Å². The Labute approximate surface area is 134 Å². The topological polar surface area (TPSA) is 81.9 Å². The first-order valence-electron chi connectivity index (χ1n) is 7.82. The van der Waals surface area contributed by atoms with Crippen molar-refractivity contribution < 1.29 is 4.74 Å². The van der Waals surface area contributed by atoms with Crippen molar-refractivity contribution in [3.63, 3.8) is 0 Å². The van der Waals surface area contributed by atoms with Gasteiger partial charge in [0.2, 0.25) is 0 Å². The minimum Gasteiger partial charge on any atom is -0.381 e. The standard InChI is InChI=1S/C16H21N5O2/c1-11-7-12(2)21(16(22)20-11)5-4-17-15-8-14(18-10-19-15)13-3-6-23-9-13/h7-8,10,13H,3-6,9H2,1-2H3,(H,17,18,19). The highest BCUT2D eigenvalue weighted by atomic mass is 16.5. The predicted molar refractivity (Wildman–Crippen MR) is 86.7 cm³/mol. The summed E-state index contributed by atoms with van der Waals surface area (Å²) in [5.41, 5.74) is 2.45. The first-order chi connectivity index (χ1) is 11.1. The molecule has 0 bridgehead atoms. The van der Waals surface area contributed by atoms with Crippen LogP contribution in [0.3, 0.4) is 0 Å². The van der Waals surface area contributed by atoms with Crippen LogP contribution in [0.5, 0.6) is 0 Å². The van der Waals surface area contributed by atoms with E-state index in [2.05, 4.69) is 20.3 Å². The molecule has 1 aliphatic rings. The molecule has 1 N–H and O–H groups in total. The van der Waals surface area contributed by atoms with Gasteiger partial charge in [0, 0.05) is 43.1 Å². The van der Waals surface area contributed by atoms with Gasteiger partial charge in [-0.25, -0.2) is 14.8 Å². The molecule has 2 aromatic rings. The number of ether oxygens (including phenoxy) is 1. The first kappa shape index (κ1) is 15.6. The fourth-order valence-corrected chi connectivity index (χ4v) is 2.80. The summed E-state index contributed by atoms with van der Waals surface area (Å²) in [6.07, 6.45) is 2.57. The minimum absolute atomic E-state index is 0.212. The molecule has 1 atom stereocenters. The van der Waals surface area contributed by atoms with Crippen molar-refractivity contribution in [2.75, 3.05) is 25.1 Å². The summed E-state index contributed by atoms with van der Waals surface area (Å²) in [6, 6.07) is 3.87. The molecule has 3 rings (SSSR count). The molecule has 23 heavy (non-hydrogen) atoms. The van der Waals surface area contributed by atoms with Gasteiger partial charge in [0.1, 0.15) is 12.1 Å². The Morgan fingerprint density at radius 1 is 1.35 bits per heavy atom. The van der Waals surface area contributed by atoms with E-state index >= 15 is 0 Å². The summed E-state index contributed by atoms with van der Waals surface area (Å²) < 4.78 is 7.06. The van der Waals surface area contributed by atoms with Crippen LogP contribution < -0.4 is 11.0 Å². The lowest BCUT2D eigenvalue weighted by molar-refractivity contribution is 0.193. The normalized spacial score (nSPS) is 17.4. The number of aromatic nitrogens is 4. The Balaban J connectivity index is 1.63. The summed E-state index contributed by atoms with van der Waals surface area (Å²) in [5, 5.41) is 3.25. The number of hydrogen-bond donors (Lipinski definition) is 1. The zero-order valence-electron chi connectivity index (χ0n) is 13.5. The van der Waals surface area contributed by atoms with Crippen LogP contribution in [-0.4, -0.2) is 39.3 Å². The molecule has 0 spiro atoms. The van der Waals surface area contributed by atoms with E-state index in [9.17, 15) is 4.79 Å². The van der Waals surface area contributed by atoms with E-state index in [1.165, 1.54) is 0 Å². The fraction of sp³-hybridized carbons (Fsp3) is 0.500. The van der Waals surface area contributed by atoms with Crippen molar-refractivity contribution >= 4 is 5.82 Å². The molecule has 7 nitrogen and oxygen atoms in total. The van der Waals surface area contributed by atoms with Gasteiger partial charge in [-0.3, -0.25) is 4.57 Å². The highest BCUT2D eigenvalue weighted by Crippen LogP contribution is 2.24. The molecule has 1 aliphatic heterocycles. The van der Waals surface area contributed by atoms with Crippen LogP contribution in [0.25, 0.3) is 0 Å². The second kappa shape index (κ2) is 6.87. The molecular weight excluding hydrogens is 294 g/mol. The van der Waals surface area contributed by atoms with Gasteiger partial charge in [-0.15, -0.1) is 0 Å². The molecule has 1 unspecified atom stereocenters. The summed E-state index contributed by atoms with van der Waals surface area (Å²) in [4.78, 5) is 24.4. The lowest BCUT2D eigenvalue weighted by atomic mass is 10.1. The second-order valence-electron chi connectivity index (χ2n) is 5.79. The summed E-state index contributed by atoms with van der Waals surface area (Å²) in [6.45, 7) is 6.40. The monoisotopic (exact) mass is 315 g/mol. The third-order valence-corrected chi connectivity index (χ3v) is 4.02. The maximum Gasteiger partial charge on any atom is 0.348 e. The van der Waals surface area contributed by atoms with Crippen LogP contribution in [0.15, 0.2) is 23.3 Å². The Bertz CT molecular complexity index is 737. The minimum atomic E-state index is -0.212. The van der Waals surface area contributed by atoms with Gasteiger partial charge >= 0.3 is 5.69 Å². The van der Waals surface area contributed by atoms with Crippen LogP contribution in [0.4, 0.5) is 5.82 Å². The summed E-state index contributed by atoms with van der Waals surface area (Å²) in [7, 11) is 0. The molecule has 1 saturated heterocycles. The molecule has 0 amide bonds. The molecular formula is C16H21N5O2. The van der Waals surface area contributed by atoms with Crippen LogP contribution >= 0.6 is 0 Å². The third kappa shape index (κ3) is 3.73. The quantitative estimate of drug-likeness (QED) is 0.894. The van der Waals surface area contributed by atoms with Crippen LogP contribution in [0.2, 0.25) is 0 Å². The lowest BCUT2D eigenvalue weighted by Gasteiger charge is -2.12. The van der Waals surface area contributed by atoms with Crippen LogP contribution in [-0.2, 0) is 11.3 Å². The molecule has 0 aromatic carbocycles. The maximum absolute atomic E-state index is 11.9. The zero-order chi connectivity index (χ0) is 16.2. The number of hydrogen-bond acceptors (Lipinski definition) is 6. The van der Waals surface area contributed by atoms with Crippen molar-refractivity contribution in [1.29, 1.82) is 0 Å². The van der Waals surface area contributed by atoms with E-state index in [1.54, 1.807) is 10.9 Å². The highest BCUT2D eigenvalue weighted by molar-refractivity contribution is 5.35. The van der Waals surface area contributed by atoms with Crippen molar-refractivity contribution in [2.45, 2.75) is 32.7 Å². The van der Waals surface area contributed by atoms with Crippen LogP contribution in [0.1, 0.15) is 29.4 Å². The van der Waals surface area contributed by atoms with Gasteiger partial charge in [0.05, 0.1) is 12.3 Å².